The highest BCUT2D eigenvalue weighted by Crippen LogP contribution is 2.39. The third kappa shape index (κ3) is 7.06. The van der Waals surface area contributed by atoms with Crippen molar-refractivity contribution in [1.29, 1.82) is 0 Å². The first-order valence-electron chi connectivity index (χ1n) is 15.4. The smallest absolute Gasteiger partial charge is 0.303 e. The van der Waals surface area contributed by atoms with Crippen molar-refractivity contribution in [2.24, 2.45) is 16.8 Å². The number of H-pyrrole nitrogens is 2. The van der Waals surface area contributed by atoms with Gasteiger partial charge in [-0.05, 0) is 92.7 Å². The van der Waals surface area contributed by atoms with Crippen molar-refractivity contribution in [2.75, 3.05) is 0 Å². The number of thiol groups is 2. The molecule has 1 amide bonds. The van der Waals surface area contributed by atoms with Gasteiger partial charge < -0.3 is 30.6 Å². The van der Waals surface area contributed by atoms with Crippen LogP contribution in [0.4, 0.5) is 0 Å². The zero-order valence-electron chi connectivity index (χ0n) is 26.6. The molecule has 5 N–H and O–H groups in total. The maximum Gasteiger partial charge on any atom is 0.303 e. The summed E-state index contributed by atoms with van der Waals surface area (Å²) in [5.74, 6) is -2.31. The first-order valence-corrected chi connectivity index (χ1v) is 16.4. The monoisotopic (exact) mass is 655 g/mol. The summed E-state index contributed by atoms with van der Waals surface area (Å²) >= 11 is 9.66. The van der Waals surface area contributed by atoms with Crippen LogP contribution in [0, 0.1) is 25.7 Å². The van der Waals surface area contributed by atoms with Crippen molar-refractivity contribution in [1.82, 2.24) is 15.3 Å². The Labute approximate surface area is 274 Å². The number of aliphatic imine (C=N–C) groups is 1. The Morgan fingerprint density at radius 2 is 1.60 bits per heavy atom. The van der Waals surface area contributed by atoms with E-state index in [1.165, 1.54) is 0 Å². The summed E-state index contributed by atoms with van der Waals surface area (Å²) in [7, 11) is 0. The van der Waals surface area contributed by atoms with E-state index in [1.807, 2.05) is 40.7 Å². The van der Waals surface area contributed by atoms with Crippen molar-refractivity contribution >= 4 is 55.1 Å². The molecule has 244 valence electrons. The van der Waals surface area contributed by atoms with Crippen LogP contribution in [0.3, 0.4) is 0 Å². The SMILES string of the molecule is CCC1C([O-])=N/C(=C\c2[nH]c([C@@H](S)c3[nH]c(C[C@H]4NC(=O)C(C)=C4[C@H](C)S)c(C)c3CCC(=O)O)c(CCC(=O)O)c2C)C1C. The van der Waals surface area contributed by atoms with Crippen LogP contribution < -0.4 is 10.4 Å². The normalized spacial score (nSPS) is 22.2. The van der Waals surface area contributed by atoms with Gasteiger partial charge in [-0.1, -0.05) is 13.8 Å². The van der Waals surface area contributed by atoms with E-state index in [2.05, 4.69) is 32.9 Å². The average molecular weight is 656 g/mol. The fourth-order valence-electron chi connectivity index (χ4n) is 6.74. The first kappa shape index (κ1) is 34.5. The molecule has 0 radical (unpaired) electrons. The van der Waals surface area contributed by atoms with Crippen LogP contribution in [0.25, 0.3) is 6.08 Å². The topological polar surface area (TPSA) is 171 Å². The van der Waals surface area contributed by atoms with Crippen LogP contribution in [0.5, 0.6) is 0 Å². The van der Waals surface area contributed by atoms with Crippen LogP contribution in [-0.4, -0.2) is 55.2 Å². The lowest BCUT2D eigenvalue weighted by Crippen LogP contribution is -2.32. The van der Waals surface area contributed by atoms with E-state index in [4.69, 9.17) is 12.6 Å². The average Bonchev–Trinajstić information content (AvgIpc) is 3.63. The van der Waals surface area contributed by atoms with Crippen molar-refractivity contribution < 1.29 is 29.7 Å². The molecule has 0 aromatic carbocycles. The van der Waals surface area contributed by atoms with Crippen molar-refractivity contribution in [3.8, 4) is 0 Å². The number of hydrogen-bond donors (Lipinski definition) is 7. The van der Waals surface area contributed by atoms with E-state index in [-0.39, 0.29) is 60.6 Å². The molecule has 0 spiro atoms. The molecule has 0 fully saturated rings. The molecular formula is C33H43N4O6S2-. The molecule has 0 aliphatic carbocycles. The second kappa shape index (κ2) is 13.9. The molecule has 2 aromatic heterocycles. The van der Waals surface area contributed by atoms with Crippen LogP contribution in [-0.2, 0) is 33.6 Å². The summed E-state index contributed by atoms with van der Waals surface area (Å²) < 4.78 is 0. The molecule has 2 aromatic rings. The van der Waals surface area contributed by atoms with Crippen molar-refractivity contribution in [2.45, 2.75) is 96.6 Å². The Kier molecular flexibility index (Phi) is 10.7. The maximum atomic E-state index is 12.5. The number of allylic oxidation sites excluding steroid dienone is 1. The number of carbonyl (C=O) groups excluding carboxylic acids is 1. The zero-order valence-corrected chi connectivity index (χ0v) is 28.4. The van der Waals surface area contributed by atoms with Gasteiger partial charge in [0, 0.05) is 64.5 Å². The summed E-state index contributed by atoms with van der Waals surface area (Å²) in [4.78, 5) is 47.1. The number of carboxylic acids is 2. The molecule has 2 unspecified atom stereocenters. The predicted molar refractivity (Wildman–Crippen MR) is 179 cm³/mol. The van der Waals surface area contributed by atoms with Crippen molar-refractivity contribution in [3.63, 3.8) is 0 Å². The van der Waals surface area contributed by atoms with Gasteiger partial charge >= 0.3 is 11.9 Å². The highest BCUT2D eigenvalue weighted by molar-refractivity contribution is 7.81. The number of rotatable bonds is 13. The van der Waals surface area contributed by atoms with E-state index >= 15 is 0 Å². The van der Waals surface area contributed by atoms with Gasteiger partial charge in [0.05, 0.1) is 11.3 Å². The fourth-order valence-corrected chi connectivity index (χ4v) is 7.55. The predicted octanol–water partition coefficient (Wildman–Crippen LogP) is 4.46. The molecule has 12 heteroatoms. The number of hydrogen-bond acceptors (Lipinski definition) is 7. The Bertz CT molecular complexity index is 1600. The van der Waals surface area contributed by atoms with Gasteiger partial charge in [0.15, 0.2) is 0 Å². The number of aromatic nitrogens is 2. The number of aliphatic carboxylic acids is 2. The lowest BCUT2D eigenvalue weighted by Gasteiger charge is -2.18. The molecular weight excluding hydrogens is 613 g/mol. The second-order valence-electron chi connectivity index (χ2n) is 12.2. The molecule has 2 aliphatic heterocycles. The van der Waals surface area contributed by atoms with E-state index in [9.17, 15) is 29.7 Å². The summed E-state index contributed by atoms with van der Waals surface area (Å²) in [5.41, 5.74) is 8.66. The van der Waals surface area contributed by atoms with Gasteiger partial charge in [0.1, 0.15) is 0 Å². The Morgan fingerprint density at radius 3 is 2.13 bits per heavy atom. The Balaban J connectivity index is 1.80. The standard InChI is InChI=1S/C33H44N4O6S2/c1-7-19-14(2)24(36-33(19)43)12-22-15(3)20(8-10-26(38)39)29(34-22)31(45)30-21(9-11-27(40)41)16(4)23(35-30)13-25-28(18(6)44)17(5)32(42)37-25/h12,14,18-19,25,31,34-35,44-45H,7-11,13H2,1-6H3,(H,36,43)(H,37,42)(H,38,39)(H,40,41)/p-1/b24-12-/t14?,18-,19?,25+,31+/m0/s1. The largest absolute Gasteiger partial charge is 0.861 e. The van der Waals surface area contributed by atoms with Crippen LogP contribution in [0.2, 0.25) is 0 Å². The quantitative estimate of drug-likeness (QED) is 0.157. The molecule has 4 heterocycles. The zero-order chi connectivity index (χ0) is 33.3. The number of amides is 1. The molecule has 4 rings (SSSR count). The van der Waals surface area contributed by atoms with Crippen LogP contribution in [0.15, 0.2) is 21.8 Å². The first-order chi connectivity index (χ1) is 21.2. The van der Waals surface area contributed by atoms with Gasteiger partial charge in [0.2, 0.25) is 5.91 Å². The molecule has 5 atom stereocenters. The molecule has 45 heavy (non-hydrogen) atoms. The van der Waals surface area contributed by atoms with E-state index in [0.717, 1.165) is 44.9 Å². The summed E-state index contributed by atoms with van der Waals surface area (Å²) in [6.07, 6.45) is 3.39. The van der Waals surface area contributed by atoms with E-state index in [1.54, 1.807) is 6.92 Å². The maximum absolute atomic E-state index is 12.5. The van der Waals surface area contributed by atoms with Gasteiger partial charge in [-0.25, -0.2) is 0 Å². The molecule has 0 bridgehead atoms. The summed E-state index contributed by atoms with van der Waals surface area (Å²) in [6.45, 7) is 11.5. The second-order valence-corrected chi connectivity index (χ2v) is 13.5. The van der Waals surface area contributed by atoms with E-state index < -0.39 is 17.2 Å². The Hall–Kier alpha value is -3.38. The van der Waals surface area contributed by atoms with Gasteiger partial charge in [-0.3, -0.25) is 19.4 Å². The minimum atomic E-state index is -0.927. The third-order valence-corrected chi connectivity index (χ3v) is 10.2. The van der Waals surface area contributed by atoms with Gasteiger partial charge in [0.25, 0.3) is 0 Å². The molecule has 10 nitrogen and oxygen atoms in total. The Morgan fingerprint density at radius 1 is 1.02 bits per heavy atom. The molecule has 2 aliphatic rings. The lowest BCUT2D eigenvalue weighted by atomic mass is 9.91. The van der Waals surface area contributed by atoms with Crippen molar-refractivity contribution in [3.05, 3.63) is 61.9 Å². The number of nitrogens with one attached hydrogen (secondary N) is 3. The lowest BCUT2D eigenvalue weighted by molar-refractivity contribution is -0.223. The van der Waals surface area contributed by atoms with Gasteiger partial charge in [-0.2, -0.15) is 25.3 Å². The number of carbonyl (C=O) groups is 3. The minimum absolute atomic E-state index is 0.0437. The van der Waals surface area contributed by atoms with E-state index in [0.29, 0.717) is 29.8 Å². The number of carboxylic acid groups (broad SMARTS) is 2. The highest BCUT2D eigenvalue weighted by Gasteiger charge is 2.33. The highest BCUT2D eigenvalue weighted by atomic mass is 32.1. The third-order valence-electron chi connectivity index (χ3n) is 9.36. The summed E-state index contributed by atoms with van der Waals surface area (Å²) in [5, 5.41) is 33.9. The van der Waals surface area contributed by atoms with Crippen LogP contribution >= 0.6 is 25.3 Å². The minimum Gasteiger partial charge on any atom is -0.861 e. The molecule has 0 saturated heterocycles. The summed E-state index contributed by atoms with van der Waals surface area (Å²) in [6, 6.07) is -0.259. The number of nitrogens with zero attached hydrogens (tertiary/aromatic N) is 1. The fraction of sp³-hybridized carbons (Fsp3) is 0.515. The van der Waals surface area contributed by atoms with Crippen LogP contribution in [0.1, 0.15) is 97.2 Å². The van der Waals surface area contributed by atoms with Gasteiger partial charge in [-0.15, -0.1) is 0 Å². The number of aromatic amines is 2. The molecule has 0 saturated carbocycles.